The second-order valence-corrected chi connectivity index (χ2v) is 17.5. The summed E-state index contributed by atoms with van der Waals surface area (Å²) in [7, 11) is 3.79. The molecule has 0 spiro atoms. The number of hydrogen-bond acceptors (Lipinski definition) is 14. The zero-order chi connectivity index (χ0) is 43.4. The predicted molar refractivity (Wildman–Crippen MR) is 213 cm³/mol. The molecule has 2 N–H and O–H groups in total. The number of ether oxygens (including phenoxy) is 8. The second kappa shape index (κ2) is 19.3. The smallest absolute Gasteiger partial charge is 0.408 e. The summed E-state index contributed by atoms with van der Waals surface area (Å²) in [5, 5.41) is 5.70. The molecule has 1 unspecified atom stereocenters. The van der Waals surface area contributed by atoms with Gasteiger partial charge in [-0.2, -0.15) is 0 Å². The summed E-state index contributed by atoms with van der Waals surface area (Å²) in [6.45, 7) is 15.5. The van der Waals surface area contributed by atoms with Crippen molar-refractivity contribution in [2.45, 2.75) is 154 Å². The summed E-state index contributed by atoms with van der Waals surface area (Å²) in [5.74, 6) is -4.37. The van der Waals surface area contributed by atoms with E-state index in [0.29, 0.717) is 6.42 Å². The molecule has 0 saturated carbocycles. The number of alkyl carbamates (subject to hydrolysis) is 2. The average molecular weight is 832 g/mol. The predicted octanol–water partition coefficient (Wildman–Crippen LogP) is 4.54. The first-order valence-electron chi connectivity index (χ1n) is 20.9. The lowest BCUT2D eigenvalue weighted by Gasteiger charge is -2.49. The van der Waals surface area contributed by atoms with E-state index in [4.69, 9.17) is 37.9 Å². The lowest BCUT2D eigenvalue weighted by molar-refractivity contribution is -0.304. The van der Waals surface area contributed by atoms with Crippen LogP contribution in [0, 0.1) is 23.7 Å². The van der Waals surface area contributed by atoms with Crippen LogP contribution in [0.15, 0.2) is 30.3 Å². The number of Topliss-reactive ketones (excluding diaryl/α,β-unsaturated/α-hetero) is 1. The molecule has 4 aliphatic heterocycles. The number of cyclic esters (lactones) is 1. The van der Waals surface area contributed by atoms with Crippen LogP contribution in [0.1, 0.15) is 87.1 Å². The molecule has 0 radical (unpaired) electrons. The Labute approximate surface area is 347 Å². The van der Waals surface area contributed by atoms with E-state index in [1.807, 2.05) is 77.0 Å². The summed E-state index contributed by atoms with van der Waals surface area (Å²) in [5.41, 5.74) is -1.88. The number of likely N-dealkylation sites (N-methyl/N-ethyl adjacent to an activating group) is 1. The summed E-state index contributed by atoms with van der Waals surface area (Å²) in [6.07, 6.45) is -5.48. The molecule has 16 heteroatoms. The number of amides is 2. The number of benzene rings is 1. The summed E-state index contributed by atoms with van der Waals surface area (Å²) >= 11 is 0. The Morgan fingerprint density at radius 2 is 1.69 bits per heavy atom. The van der Waals surface area contributed by atoms with Crippen LogP contribution >= 0.6 is 0 Å². The fourth-order valence-electron chi connectivity index (χ4n) is 9.45. The molecular weight excluding hydrogens is 766 g/mol. The largest absolute Gasteiger partial charge is 0.458 e. The van der Waals surface area contributed by atoms with Crippen molar-refractivity contribution < 1.29 is 61.9 Å². The van der Waals surface area contributed by atoms with Crippen molar-refractivity contribution in [2.75, 3.05) is 27.3 Å². The Kier molecular flexibility index (Phi) is 15.1. The summed E-state index contributed by atoms with van der Waals surface area (Å²) in [4.78, 5) is 69.6. The van der Waals surface area contributed by atoms with Crippen LogP contribution < -0.4 is 10.6 Å². The number of nitrogens with one attached hydrogen (secondary N) is 2. The number of rotatable bonds is 8. The third-order valence-electron chi connectivity index (χ3n) is 12.6. The van der Waals surface area contributed by atoms with Crippen molar-refractivity contribution >= 4 is 29.9 Å². The molecule has 330 valence electrons. The van der Waals surface area contributed by atoms with E-state index < -0.39 is 102 Å². The highest BCUT2D eigenvalue weighted by molar-refractivity contribution is 5.85. The van der Waals surface area contributed by atoms with Crippen molar-refractivity contribution in [3.63, 3.8) is 0 Å². The van der Waals surface area contributed by atoms with Gasteiger partial charge in [-0.05, 0) is 66.6 Å². The molecule has 4 heterocycles. The molecule has 0 aromatic heterocycles. The molecule has 5 rings (SSSR count). The highest BCUT2D eigenvalue weighted by Crippen LogP contribution is 2.42. The molecule has 1 aromatic rings. The van der Waals surface area contributed by atoms with E-state index in [1.54, 1.807) is 27.7 Å². The quantitative estimate of drug-likeness (QED) is 0.275. The van der Waals surface area contributed by atoms with Gasteiger partial charge < -0.3 is 53.4 Å². The maximum Gasteiger partial charge on any atom is 0.408 e. The highest BCUT2D eigenvalue weighted by Gasteiger charge is 2.58. The summed E-state index contributed by atoms with van der Waals surface area (Å²) < 4.78 is 50.5. The molecule has 0 aliphatic carbocycles. The Bertz CT molecular complexity index is 1650. The van der Waals surface area contributed by atoms with Gasteiger partial charge in [0.1, 0.15) is 18.5 Å². The van der Waals surface area contributed by atoms with E-state index in [0.717, 1.165) is 5.56 Å². The van der Waals surface area contributed by atoms with Gasteiger partial charge >= 0.3 is 24.1 Å². The van der Waals surface area contributed by atoms with Crippen molar-refractivity contribution in [3.05, 3.63) is 35.9 Å². The van der Waals surface area contributed by atoms with Crippen LogP contribution in [0.25, 0.3) is 0 Å². The lowest BCUT2D eigenvalue weighted by atomic mass is 9.73. The first kappa shape index (κ1) is 46.2. The molecule has 16 nitrogen and oxygen atoms in total. The van der Waals surface area contributed by atoms with E-state index in [-0.39, 0.29) is 50.6 Å². The molecular formula is C43H65N3O13. The third-order valence-corrected chi connectivity index (χ3v) is 12.6. The number of fused-ring (bicyclic) bond motifs is 4. The van der Waals surface area contributed by atoms with Gasteiger partial charge in [0.25, 0.3) is 0 Å². The first-order valence-corrected chi connectivity index (χ1v) is 20.9. The van der Waals surface area contributed by atoms with Crippen LogP contribution in [-0.4, -0.2) is 128 Å². The normalized spacial score (nSPS) is 39.6. The maximum atomic E-state index is 14.6. The number of carbonyl (C=O) groups is 5. The number of carbonyl (C=O) groups excluding carboxylic acids is 5. The molecule has 2 amide bonds. The fourth-order valence-corrected chi connectivity index (χ4v) is 9.45. The monoisotopic (exact) mass is 831 g/mol. The Morgan fingerprint density at radius 3 is 2.34 bits per heavy atom. The molecule has 4 fully saturated rings. The van der Waals surface area contributed by atoms with E-state index in [9.17, 15) is 24.0 Å². The number of nitrogens with zero attached hydrogens (tertiary/aromatic N) is 1. The molecule has 4 aliphatic rings. The van der Waals surface area contributed by atoms with Crippen molar-refractivity contribution in [1.29, 1.82) is 0 Å². The minimum absolute atomic E-state index is 0.0367. The zero-order valence-corrected chi connectivity index (χ0v) is 36.4. The van der Waals surface area contributed by atoms with Gasteiger partial charge in [-0.15, -0.1) is 0 Å². The molecule has 1 aromatic carbocycles. The van der Waals surface area contributed by atoms with Gasteiger partial charge in [0.2, 0.25) is 0 Å². The number of ketones is 1. The first-order chi connectivity index (χ1) is 27.8. The molecule has 59 heavy (non-hydrogen) atoms. The maximum absolute atomic E-state index is 14.6. The fraction of sp³-hybridized carbons (Fsp3) is 0.744. The zero-order valence-electron chi connectivity index (χ0n) is 36.4. The van der Waals surface area contributed by atoms with Crippen LogP contribution in [0.2, 0.25) is 0 Å². The SMILES string of the molecule is CC[C@H]1OC(=O)[C@H](C)[C@H]2OCC(NC(=O)OCc3ccccc3)CO[C@](C)(C[C@@H](C)C(=O)[C@H](C)[C@@H]3NC(=O)O[C@]13C)[C@H](O[C@@H]1O[C@H](C)C[C@H](N(C)C)[C@H]1OC(C)=O)[C@@H]2C. The van der Waals surface area contributed by atoms with Gasteiger partial charge in [-0.25, -0.2) is 9.59 Å². The van der Waals surface area contributed by atoms with E-state index >= 15 is 0 Å². The van der Waals surface area contributed by atoms with Crippen LogP contribution in [0.4, 0.5) is 9.59 Å². The van der Waals surface area contributed by atoms with Gasteiger partial charge in [0.05, 0.1) is 61.2 Å². The number of hydrogen-bond donors (Lipinski definition) is 2. The standard InChI is InChI=1S/C43H65N3O13/c1-12-32-43(9)36(45-41(51)59-43)25(4)33(48)23(2)19-42(8)37(58-39-35(56-28(7)47)31(46(10)11)18-24(3)55-39)26(5)34(27(6)38(49)57-32)52-21-30(22-54-42)44-40(50)53-20-29-16-14-13-15-17-29/h13-17,23-27,30-32,34-37,39H,12,18-22H2,1-11H3,(H,44,50)(H,45,51)/t23-,24-,25+,26-,27-,30?,31+,32-,34+,35-,36+,37-,39+,42-,43-/m1/s1. The van der Waals surface area contributed by atoms with Gasteiger partial charge in [-0.3, -0.25) is 14.4 Å². The van der Waals surface area contributed by atoms with Crippen molar-refractivity contribution in [1.82, 2.24) is 15.5 Å². The Balaban J connectivity index is 1.59. The Hall–Kier alpha value is -3.83. The van der Waals surface area contributed by atoms with Gasteiger partial charge in [-0.1, -0.05) is 58.0 Å². The van der Waals surface area contributed by atoms with Crippen molar-refractivity contribution in [3.8, 4) is 0 Å². The summed E-state index contributed by atoms with van der Waals surface area (Å²) in [6, 6.07) is 7.41. The molecule has 15 atom stereocenters. The van der Waals surface area contributed by atoms with Gasteiger partial charge in [0.15, 0.2) is 18.0 Å². The van der Waals surface area contributed by atoms with Crippen LogP contribution in [0.3, 0.4) is 0 Å². The van der Waals surface area contributed by atoms with Crippen LogP contribution in [0.5, 0.6) is 0 Å². The second-order valence-electron chi connectivity index (χ2n) is 17.5. The Morgan fingerprint density at radius 1 is 1.00 bits per heavy atom. The topological polar surface area (TPSA) is 186 Å². The highest BCUT2D eigenvalue weighted by atomic mass is 16.7. The van der Waals surface area contributed by atoms with E-state index in [1.165, 1.54) is 6.92 Å². The molecule has 2 bridgehead atoms. The molecule has 4 saturated heterocycles. The van der Waals surface area contributed by atoms with Gasteiger partial charge in [0, 0.05) is 24.7 Å². The minimum Gasteiger partial charge on any atom is -0.458 e. The van der Waals surface area contributed by atoms with E-state index in [2.05, 4.69) is 10.6 Å². The third kappa shape index (κ3) is 10.6. The van der Waals surface area contributed by atoms with Crippen LogP contribution in [-0.2, 0) is 58.9 Å². The average Bonchev–Trinajstić information content (AvgIpc) is 3.51. The van der Waals surface area contributed by atoms with Crippen molar-refractivity contribution in [2.24, 2.45) is 23.7 Å². The number of esters is 2. The minimum atomic E-state index is -1.36. The lowest BCUT2D eigenvalue weighted by Crippen LogP contribution is -2.61.